The van der Waals surface area contributed by atoms with Crippen LogP contribution in [0.3, 0.4) is 0 Å². The summed E-state index contributed by atoms with van der Waals surface area (Å²) in [5, 5.41) is 3.02. The Kier molecular flexibility index (Phi) is 3.83. The average molecular weight is 201 g/mol. The van der Waals surface area contributed by atoms with Gasteiger partial charge in [-0.05, 0) is 31.7 Å². The Morgan fingerprint density at radius 1 is 1.36 bits per heavy atom. The van der Waals surface area contributed by atoms with Gasteiger partial charge >= 0.3 is 6.61 Å². The molecule has 0 saturated heterocycles. The van der Waals surface area contributed by atoms with E-state index in [1.165, 1.54) is 6.07 Å². The Labute approximate surface area is 81.9 Å². The number of nitrogens with one attached hydrogen (secondary N) is 1. The molecule has 1 unspecified atom stereocenters. The van der Waals surface area contributed by atoms with Crippen LogP contribution in [0.15, 0.2) is 24.3 Å². The van der Waals surface area contributed by atoms with Crippen LogP contribution in [0.2, 0.25) is 0 Å². The van der Waals surface area contributed by atoms with Crippen LogP contribution in [0.5, 0.6) is 5.75 Å². The van der Waals surface area contributed by atoms with Crippen LogP contribution >= 0.6 is 0 Å². The van der Waals surface area contributed by atoms with Crippen molar-refractivity contribution in [3.05, 3.63) is 29.8 Å². The van der Waals surface area contributed by atoms with E-state index in [1.54, 1.807) is 12.1 Å². The van der Waals surface area contributed by atoms with Crippen molar-refractivity contribution < 1.29 is 13.5 Å². The van der Waals surface area contributed by atoms with E-state index in [2.05, 4.69) is 10.1 Å². The maximum absolute atomic E-state index is 11.9. The molecule has 1 atom stereocenters. The monoisotopic (exact) mass is 201 g/mol. The van der Waals surface area contributed by atoms with Gasteiger partial charge in [-0.25, -0.2) is 0 Å². The highest BCUT2D eigenvalue weighted by molar-refractivity contribution is 5.30. The molecule has 78 valence electrons. The second-order valence-corrected chi connectivity index (χ2v) is 2.96. The first kappa shape index (κ1) is 10.9. The molecule has 0 radical (unpaired) electrons. The minimum absolute atomic E-state index is 0.122. The van der Waals surface area contributed by atoms with E-state index >= 15 is 0 Å². The third kappa shape index (κ3) is 2.96. The fraction of sp³-hybridized carbons (Fsp3) is 0.400. The van der Waals surface area contributed by atoms with Gasteiger partial charge in [0.15, 0.2) is 0 Å². The molecule has 0 aliphatic carbocycles. The van der Waals surface area contributed by atoms with Crippen molar-refractivity contribution in [2.24, 2.45) is 0 Å². The average Bonchev–Trinajstić information content (AvgIpc) is 2.16. The molecule has 4 heteroatoms. The zero-order valence-electron chi connectivity index (χ0n) is 8.13. The van der Waals surface area contributed by atoms with Gasteiger partial charge in [0.05, 0.1) is 0 Å². The summed E-state index contributed by atoms with van der Waals surface area (Å²) in [6.45, 7) is -0.822. The predicted octanol–water partition coefficient (Wildman–Crippen LogP) is 2.57. The van der Waals surface area contributed by atoms with Gasteiger partial charge in [0.1, 0.15) is 5.75 Å². The van der Waals surface area contributed by atoms with E-state index in [0.29, 0.717) is 0 Å². The first-order valence-corrected chi connectivity index (χ1v) is 4.35. The highest BCUT2D eigenvalue weighted by atomic mass is 19.3. The third-order valence-electron chi connectivity index (χ3n) is 2.02. The van der Waals surface area contributed by atoms with Crippen molar-refractivity contribution in [3.63, 3.8) is 0 Å². The van der Waals surface area contributed by atoms with Crippen LogP contribution in [0.4, 0.5) is 8.78 Å². The van der Waals surface area contributed by atoms with E-state index in [9.17, 15) is 8.78 Å². The van der Waals surface area contributed by atoms with Crippen molar-refractivity contribution >= 4 is 0 Å². The smallest absolute Gasteiger partial charge is 0.387 e. The van der Waals surface area contributed by atoms with Crippen LogP contribution < -0.4 is 10.1 Å². The Morgan fingerprint density at radius 2 is 2.07 bits per heavy atom. The Bertz CT molecular complexity index is 291. The van der Waals surface area contributed by atoms with Gasteiger partial charge < -0.3 is 10.1 Å². The molecule has 1 rings (SSSR count). The first-order valence-electron chi connectivity index (χ1n) is 4.35. The summed E-state index contributed by atoms with van der Waals surface area (Å²) in [6, 6.07) is 6.79. The van der Waals surface area contributed by atoms with E-state index in [4.69, 9.17) is 0 Å². The van der Waals surface area contributed by atoms with Crippen molar-refractivity contribution in [2.75, 3.05) is 7.05 Å². The lowest BCUT2D eigenvalue weighted by atomic mass is 10.1. The van der Waals surface area contributed by atoms with Gasteiger partial charge in [-0.1, -0.05) is 12.1 Å². The maximum atomic E-state index is 11.9. The minimum atomic E-state index is -2.77. The Morgan fingerprint density at radius 3 is 2.64 bits per heavy atom. The van der Waals surface area contributed by atoms with Crippen molar-refractivity contribution in [3.8, 4) is 5.75 Å². The summed E-state index contributed by atoms with van der Waals surface area (Å²) >= 11 is 0. The predicted molar refractivity (Wildman–Crippen MR) is 50.5 cm³/mol. The standard InChI is InChI=1S/C10H13F2NO/c1-7(13-2)8-4-3-5-9(6-8)14-10(11)12/h3-7,10,13H,1-2H3. The highest BCUT2D eigenvalue weighted by Crippen LogP contribution is 2.20. The molecular formula is C10H13F2NO. The summed E-state index contributed by atoms with van der Waals surface area (Å²) < 4.78 is 28.1. The molecule has 0 heterocycles. The maximum Gasteiger partial charge on any atom is 0.387 e. The number of alkyl halides is 2. The van der Waals surface area contributed by atoms with Gasteiger partial charge in [-0.3, -0.25) is 0 Å². The van der Waals surface area contributed by atoms with Crippen LogP contribution in [-0.4, -0.2) is 13.7 Å². The molecule has 0 fully saturated rings. The lowest BCUT2D eigenvalue weighted by Gasteiger charge is -2.12. The third-order valence-corrected chi connectivity index (χ3v) is 2.02. The molecule has 0 spiro atoms. The molecule has 1 aromatic rings. The summed E-state index contributed by atoms with van der Waals surface area (Å²) in [7, 11) is 1.81. The van der Waals surface area contributed by atoms with Crippen molar-refractivity contribution in [2.45, 2.75) is 19.6 Å². The highest BCUT2D eigenvalue weighted by Gasteiger charge is 2.07. The Balaban J connectivity index is 2.78. The molecule has 0 bridgehead atoms. The number of rotatable bonds is 4. The van der Waals surface area contributed by atoms with E-state index in [0.717, 1.165) is 5.56 Å². The SMILES string of the molecule is CNC(C)c1cccc(OC(F)F)c1. The van der Waals surface area contributed by atoms with Crippen LogP contribution in [0.1, 0.15) is 18.5 Å². The number of hydrogen-bond acceptors (Lipinski definition) is 2. The lowest BCUT2D eigenvalue weighted by Crippen LogP contribution is -2.12. The summed E-state index contributed by atoms with van der Waals surface area (Å²) in [4.78, 5) is 0. The van der Waals surface area contributed by atoms with E-state index < -0.39 is 6.61 Å². The van der Waals surface area contributed by atoms with E-state index in [1.807, 2.05) is 20.0 Å². The number of benzene rings is 1. The fourth-order valence-electron chi connectivity index (χ4n) is 1.13. The van der Waals surface area contributed by atoms with Gasteiger partial charge in [0.2, 0.25) is 0 Å². The molecule has 0 aliphatic heterocycles. The number of ether oxygens (including phenoxy) is 1. The summed E-state index contributed by atoms with van der Waals surface area (Å²) in [5.41, 5.74) is 0.922. The summed E-state index contributed by atoms with van der Waals surface area (Å²) in [5.74, 6) is 0.194. The van der Waals surface area contributed by atoms with Gasteiger partial charge in [0.25, 0.3) is 0 Å². The molecule has 1 N–H and O–H groups in total. The molecule has 2 nitrogen and oxygen atoms in total. The normalized spacial score (nSPS) is 12.9. The van der Waals surface area contributed by atoms with Crippen LogP contribution in [0, 0.1) is 0 Å². The molecule has 0 saturated carbocycles. The number of halogens is 2. The van der Waals surface area contributed by atoms with Crippen molar-refractivity contribution in [1.29, 1.82) is 0 Å². The fourth-order valence-corrected chi connectivity index (χ4v) is 1.13. The first-order chi connectivity index (χ1) is 6.63. The molecule has 0 amide bonds. The number of hydrogen-bond donors (Lipinski definition) is 1. The topological polar surface area (TPSA) is 21.3 Å². The minimum Gasteiger partial charge on any atom is -0.435 e. The second kappa shape index (κ2) is 4.91. The van der Waals surface area contributed by atoms with Crippen molar-refractivity contribution in [1.82, 2.24) is 5.32 Å². The van der Waals surface area contributed by atoms with Gasteiger partial charge in [-0.15, -0.1) is 0 Å². The molecule has 0 aromatic heterocycles. The largest absolute Gasteiger partial charge is 0.435 e. The molecule has 0 aliphatic rings. The Hall–Kier alpha value is -1.16. The van der Waals surface area contributed by atoms with Crippen LogP contribution in [-0.2, 0) is 0 Å². The molecular weight excluding hydrogens is 188 g/mol. The van der Waals surface area contributed by atoms with Gasteiger partial charge in [0, 0.05) is 6.04 Å². The molecule has 14 heavy (non-hydrogen) atoms. The van der Waals surface area contributed by atoms with E-state index in [-0.39, 0.29) is 11.8 Å². The van der Waals surface area contributed by atoms with Gasteiger partial charge in [-0.2, -0.15) is 8.78 Å². The second-order valence-electron chi connectivity index (χ2n) is 2.96. The lowest BCUT2D eigenvalue weighted by molar-refractivity contribution is -0.0499. The van der Waals surface area contributed by atoms with Crippen LogP contribution in [0.25, 0.3) is 0 Å². The quantitative estimate of drug-likeness (QED) is 0.808. The zero-order chi connectivity index (χ0) is 10.6. The summed E-state index contributed by atoms with van der Waals surface area (Å²) in [6.07, 6.45) is 0. The molecule has 1 aromatic carbocycles. The zero-order valence-corrected chi connectivity index (χ0v) is 8.13.